The summed E-state index contributed by atoms with van der Waals surface area (Å²) in [6, 6.07) is 7.64. The molecule has 2 rings (SSSR count). The highest BCUT2D eigenvalue weighted by atomic mass is 16.4. The van der Waals surface area contributed by atoms with Crippen LogP contribution < -0.4 is 5.63 Å². The van der Waals surface area contributed by atoms with E-state index in [-0.39, 0.29) is 5.69 Å². The maximum Gasteiger partial charge on any atom is 0.336 e. The fourth-order valence-electron chi connectivity index (χ4n) is 1.11. The Kier molecular flexibility index (Phi) is 1.66. The van der Waals surface area contributed by atoms with Gasteiger partial charge in [-0.2, -0.15) is 0 Å². The maximum atomic E-state index is 10.8. The molecule has 0 saturated carbocycles. The number of benzene rings is 1. The van der Waals surface area contributed by atoms with Gasteiger partial charge in [-0.05, 0) is 23.4 Å². The summed E-state index contributed by atoms with van der Waals surface area (Å²) in [6.07, 6.45) is 0. The van der Waals surface area contributed by atoms with Gasteiger partial charge in [0.05, 0.1) is 0 Å². The molecular formula is C9H5NO3. The summed E-state index contributed by atoms with van der Waals surface area (Å²) < 4.78 is 4.85. The van der Waals surface area contributed by atoms with Gasteiger partial charge in [0.15, 0.2) is 0 Å². The molecule has 0 atom stereocenters. The van der Waals surface area contributed by atoms with Crippen molar-refractivity contribution in [2.75, 3.05) is 0 Å². The number of hydrogen-bond donors (Lipinski definition) is 0. The lowest BCUT2D eigenvalue weighted by Crippen LogP contribution is -1.93. The molecule has 0 amide bonds. The fraction of sp³-hybridized carbons (Fsp3) is 0. The summed E-state index contributed by atoms with van der Waals surface area (Å²) in [5, 5.41) is 3.51. The van der Waals surface area contributed by atoms with Gasteiger partial charge in [-0.25, -0.2) is 4.79 Å². The van der Waals surface area contributed by atoms with E-state index in [2.05, 4.69) is 5.18 Å². The second kappa shape index (κ2) is 2.82. The monoisotopic (exact) mass is 175 g/mol. The zero-order valence-electron chi connectivity index (χ0n) is 6.56. The van der Waals surface area contributed by atoms with E-state index in [9.17, 15) is 9.70 Å². The number of rotatable bonds is 1. The molecule has 1 heterocycles. The Morgan fingerprint density at radius 1 is 1.15 bits per heavy atom. The Morgan fingerprint density at radius 2 is 1.92 bits per heavy atom. The second-order valence-electron chi connectivity index (χ2n) is 2.57. The van der Waals surface area contributed by atoms with Crippen molar-refractivity contribution >= 4 is 16.7 Å². The van der Waals surface area contributed by atoms with E-state index in [1.807, 2.05) is 0 Å². The number of nitrogens with zero attached hydrogens (tertiary/aromatic N) is 1. The Bertz CT molecular complexity index is 515. The van der Waals surface area contributed by atoms with Crippen molar-refractivity contribution in [1.29, 1.82) is 0 Å². The van der Waals surface area contributed by atoms with Gasteiger partial charge in [0.25, 0.3) is 0 Å². The lowest BCUT2D eigenvalue weighted by molar-refractivity contribution is 0.561. The van der Waals surface area contributed by atoms with Gasteiger partial charge >= 0.3 is 5.63 Å². The van der Waals surface area contributed by atoms with Gasteiger partial charge in [-0.3, -0.25) is 0 Å². The minimum absolute atomic E-state index is 0.252. The smallest absolute Gasteiger partial charge is 0.336 e. The molecule has 0 saturated heterocycles. The van der Waals surface area contributed by atoms with Gasteiger partial charge in [0.1, 0.15) is 11.3 Å². The zero-order valence-corrected chi connectivity index (χ0v) is 6.56. The van der Waals surface area contributed by atoms with Crippen LogP contribution in [-0.2, 0) is 0 Å². The summed E-state index contributed by atoms with van der Waals surface area (Å²) in [7, 11) is 0. The summed E-state index contributed by atoms with van der Waals surface area (Å²) in [4.78, 5) is 21.0. The molecule has 0 unspecified atom stereocenters. The van der Waals surface area contributed by atoms with E-state index < -0.39 is 5.63 Å². The van der Waals surface area contributed by atoms with Crippen LogP contribution in [0.5, 0.6) is 0 Å². The standard InChI is InChI=1S/C9H5NO3/c11-9-4-2-6-1-3-7(10-12)5-8(6)13-9/h1-5H. The van der Waals surface area contributed by atoms with Crippen molar-refractivity contribution in [2.45, 2.75) is 0 Å². The zero-order chi connectivity index (χ0) is 9.26. The summed E-state index contributed by atoms with van der Waals surface area (Å²) >= 11 is 0. The largest absolute Gasteiger partial charge is 0.423 e. The average molecular weight is 175 g/mol. The third-order valence-electron chi connectivity index (χ3n) is 1.71. The Morgan fingerprint density at radius 3 is 2.69 bits per heavy atom. The predicted molar refractivity (Wildman–Crippen MR) is 47.9 cm³/mol. The SMILES string of the molecule is O=Nc1ccc2ccc(=O)oc2c1. The third-order valence-corrected chi connectivity index (χ3v) is 1.71. The number of nitroso groups, excluding NO2 is 1. The highest BCUT2D eigenvalue weighted by molar-refractivity contribution is 5.79. The van der Waals surface area contributed by atoms with Crippen LogP contribution in [-0.4, -0.2) is 0 Å². The van der Waals surface area contributed by atoms with E-state index in [1.165, 1.54) is 12.1 Å². The molecule has 13 heavy (non-hydrogen) atoms. The van der Waals surface area contributed by atoms with Gasteiger partial charge in [-0.1, -0.05) is 0 Å². The molecule has 0 aliphatic carbocycles. The van der Waals surface area contributed by atoms with Crippen molar-refractivity contribution in [1.82, 2.24) is 0 Å². The molecule has 0 spiro atoms. The van der Waals surface area contributed by atoms with Crippen molar-refractivity contribution in [3.63, 3.8) is 0 Å². The first-order valence-electron chi connectivity index (χ1n) is 3.67. The highest BCUT2D eigenvalue weighted by Gasteiger charge is 1.98. The Hall–Kier alpha value is -1.97. The van der Waals surface area contributed by atoms with E-state index in [1.54, 1.807) is 18.2 Å². The van der Waals surface area contributed by atoms with Gasteiger partial charge < -0.3 is 4.42 Å². The fourth-order valence-corrected chi connectivity index (χ4v) is 1.11. The van der Waals surface area contributed by atoms with E-state index >= 15 is 0 Å². The molecule has 1 aromatic heterocycles. The highest BCUT2D eigenvalue weighted by Crippen LogP contribution is 2.19. The van der Waals surface area contributed by atoms with Gasteiger partial charge in [0.2, 0.25) is 0 Å². The normalized spacial score (nSPS) is 10.2. The van der Waals surface area contributed by atoms with Crippen molar-refractivity contribution < 1.29 is 4.42 Å². The van der Waals surface area contributed by atoms with E-state index in [0.29, 0.717) is 5.58 Å². The Balaban J connectivity index is 2.82. The summed E-state index contributed by atoms with van der Waals surface area (Å²) in [6.45, 7) is 0. The average Bonchev–Trinajstić information content (AvgIpc) is 2.16. The quantitative estimate of drug-likeness (QED) is 0.493. The first-order valence-corrected chi connectivity index (χ1v) is 3.67. The van der Waals surface area contributed by atoms with E-state index in [0.717, 1.165) is 5.39 Å². The number of hydrogen-bond acceptors (Lipinski definition) is 4. The van der Waals surface area contributed by atoms with Crippen LogP contribution in [0.3, 0.4) is 0 Å². The third kappa shape index (κ3) is 1.33. The van der Waals surface area contributed by atoms with Crippen molar-refractivity contribution in [3.8, 4) is 0 Å². The molecule has 0 N–H and O–H groups in total. The first kappa shape index (κ1) is 7.67. The molecule has 0 aliphatic rings. The topological polar surface area (TPSA) is 59.6 Å². The van der Waals surface area contributed by atoms with Crippen LogP contribution in [0.4, 0.5) is 5.69 Å². The molecule has 0 fully saturated rings. The molecule has 1 aromatic carbocycles. The van der Waals surface area contributed by atoms with Crippen LogP contribution in [0.2, 0.25) is 0 Å². The van der Waals surface area contributed by atoms with Gasteiger partial charge in [-0.15, -0.1) is 4.91 Å². The molecule has 4 heteroatoms. The lowest BCUT2D eigenvalue weighted by Gasteiger charge is -1.94. The lowest BCUT2D eigenvalue weighted by atomic mass is 10.2. The number of fused-ring (bicyclic) bond motifs is 1. The predicted octanol–water partition coefficient (Wildman–Crippen LogP) is 2.19. The first-order chi connectivity index (χ1) is 6.29. The van der Waals surface area contributed by atoms with Crippen LogP contribution in [0.15, 0.2) is 44.7 Å². The minimum atomic E-state index is -0.435. The van der Waals surface area contributed by atoms with Crippen LogP contribution in [0.1, 0.15) is 0 Å². The van der Waals surface area contributed by atoms with E-state index in [4.69, 9.17) is 4.42 Å². The maximum absolute atomic E-state index is 10.8. The van der Waals surface area contributed by atoms with Crippen LogP contribution in [0.25, 0.3) is 11.0 Å². The summed E-state index contributed by atoms with van der Waals surface area (Å²) in [5.41, 5.74) is 0.196. The minimum Gasteiger partial charge on any atom is -0.423 e. The van der Waals surface area contributed by atoms with Crippen molar-refractivity contribution in [2.24, 2.45) is 5.18 Å². The van der Waals surface area contributed by atoms with Gasteiger partial charge in [0, 0.05) is 17.5 Å². The molecule has 0 bridgehead atoms. The Labute approximate surface area is 72.8 Å². The van der Waals surface area contributed by atoms with Crippen LogP contribution >= 0.6 is 0 Å². The molecule has 0 aliphatic heterocycles. The molecule has 0 radical (unpaired) electrons. The molecule has 64 valence electrons. The summed E-state index contributed by atoms with van der Waals surface area (Å²) in [5.74, 6) is 0. The second-order valence-corrected chi connectivity index (χ2v) is 2.57. The molecule has 2 aromatic rings. The molecular weight excluding hydrogens is 170 g/mol. The van der Waals surface area contributed by atoms with Crippen LogP contribution in [0, 0.1) is 4.91 Å². The van der Waals surface area contributed by atoms with Crippen molar-refractivity contribution in [3.05, 3.63) is 45.7 Å². The molecule has 4 nitrogen and oxygen atoms in total.